The summed E-state index contributed by atoms with van der Waals surface area (Å²) < 4.78 is 0. The standard InChI is InChI=1S/C12H20N2S/c1-8-3-4-10(5-8)11(13)6-12-14-9(2)7-15-12/h7-8,10-11H,3-6,13H2,1-2H3. The summed E-state index contributed by atoms with van der Waals surface area (Å²) in [4.78, 5) is 4.48. The molecule has 0 bridgehead atoms. The number of aryl methyl sites for hydroxylation is 1. The molecule has 3 atom stereocenters. The van der Waals surface area contributed by atoms with Gasteiger partial charge >= 0.3 is 0 Å². The third kappa shape index (κ3) is 2.79. The number of hydrogen-bond acceptors (Lipinski definition) is 3. The molecule has 2 nitrogen and oxygen atoms in total. The molecule has 1 saturated carbocycles. The third-order valence-electron chi connectivity index (χ3n) is 3.42. The van der Waals surface area contributed by atoms with Gasteiger partial charge in [-0.05, 0) is 31.6 Å². The predicted molar refractivity (Wildman–Crippen MR) is 65.0 cm³/mol. The molecule has 1 heterocycles. The van der Waals surface area contributed by atoms with Gasteiger partial charge in [0.15, 0.2) is 0 Å². The van der Waals surface area contributed by atoms with Gasteiger partial charge in [0, 0.05) is 23.5 Å². The Morgan fingerprint density at radius 2 is 2.40 bits per heavy atom. The zero-order valence-electron chi connectivity index (χ0n) is 9.57. The summed E-state index contributed by atoms with van der Waals surface area (Å²) in [5, 5.41) is 3.32. The van der Waals surface area contributed by atoms with Crippen molar-refractivity contribution >= 4 is 11.3 Å². The summed E-state index contributed by atoms with van der Waals surface area (Å²) in [5.41, 5.74) is 7.38. The number of thiazole rings is 1. The van der Waals surface area contributed by atoms with E-state index in [4.69, 9.17) is 5.73 Å². The minimum Gasteiger partial charge on any atom is -0.327 e. The van der Waals surface area contributed by atoms with Crippen LogP contribution in [-0.2, 0) is 6.42 Å². The smallest absolute Gasteiger partial charge is 0.0943 e. The molecule has 3 heteroatoms. The number of nitrogens with two attached hydrogens (primary N) is 1. The van der Waals surface area contributed by atoms with E-state index in [1.54, 1.807) is 11.3 Å². The van der Waals surface area contributed by atoms with Crippen LogP contribution < -0.4 is 5.73 Å². The van der Waals surface area contributed by atoms with Gasteiger partial charge in [0.2, 0.25) is 0 Å². The second kappa shape index (κ2) is 4.62. The van der Waals surface area contributed by atoms with E-state index in [1.807, 2.05) is 6.92 Å². The van der Waals surface area contributed by atoms with E-state index >= 15 is 0 Å². The fourth-order valence-corrected chi connectivity index (χ4v) is 3.35. The van der Waals surface area contributed by atoms with Crippen molar-refractivity contribution in [2.24, 2.45) is 17.6 Å². The van der Waals surface area contributed by atoms with Gasteiger partial charge in [0.05, 0.1) is 5.01 Å². The lowest BCUT2D eigenvalue weighted by Gasteiger charge is -2.17. The quantitative estimate of drug-likeness (QED) is 0.857. The Kier molecular flexibility index (Phi) is 3.42. The molecule has 0 aromatic carbocycles. The van der Waals surface area contributed by atoms with Crippen LogP contribution in [0, 0.1) is 18.8 Å². The Labute approximate surface area is 95.9 Å². The first-order chi connectivity index (χ1) is 7.15. The highest BCUT2D eigenvalue weighted by atomic mass is 32.1. The molecule has 0 radical (unpaired) electrons. The van der Waals surface area contributed by atoms with Crippen LogP contribution in [0.4, 0.5) is 0 Å². The molecule has 1 aromatic heterocycles. The van der Waals surface area contributed by atoms with Crippen molar-refractivity contribution in [3.05, 3.63) is 16.1 Å². The Morgan fingerprint density at radius 3 is 2.93 bits per heavy atom. The van der Waals surface area contributed by atoms with E-state index in [0.29, 0.717) is 6.04 Å². The van der Waals surface area contributed by atoms with Gasteiger partial charge in [0.25, 0.3) is 0 Å². The molecule has 15 heavy (non-hydrogen) atoms. The SMILES string of the molecule is Cc1csc(CC(N)C2CCC(C)C2)n1. The molecule has 1 aliphatic rings. The molecular weight excluding hydrogens is 204 g/mol. The Balaban J connectivity index is 1.89. The van der Waals surface area contributed by atoms with Gasteiger partial charge in [-0.1, -0.05) is 13.3 Å². The zero-order chi connectivity index (χ0) is 10.8. The van der Waals surface area contributed by atoms with E-state index in [1.165, 1.54) is 24.3 Å². The number of aromatic nitrogens is 1. The maximum absolute atomic E-state index is 6.25. The molecule has 1 aromatic rings. The van der Waals surface area contributed by atoms with Crippen molar-refractivity contribution in [3.8, 4) is 0 Å². The summed E-state index contributed by atoms with van der Waals surface area (Å²) in [6, 6.07) is 0.320. The number of nitrogens with zero attached hydrogens (tertiary/aromatic N) is 1. The second-order valence-corrected chi connectivity index (χ2v) is 5.87. The highest BCUT2D eigenvalue weighted by Gasteiger charge is 2.26. The van der Waals surface area contributed by atoms with E-state index in [-0.39, 0.29) is 0 Å². The van der Waals surface area contributed by atoms with Gasteiger partial charge in [-0.25, -0.2) is 4.98 Å². The monoisotopic (exact) mass is 224 g/mol. The summed E-state index contributed by atoms with van der Waals surface area (Å²) >= 11 is 1.75. The molecule has 0 spiro atoms. The summed E-state index contributed by atoms with van der Waals surface area (Å²) in [7, 11) is 0. The lowest BCUT2D eigenvalue weighted by molar-refractivity contribution is 0.415. The average Bonchev–Trinajstić information content (AvgIpc) is 2.75. The fourth-order valence-electron chi connectivity index (χ4n) is 2.50. The van der Waals surface area contributed by atoms with Crippen LogP contribution >= 0.6 is 11.3 Å². The van der Waals surface area contributed by atoms with Crippen LogP contribution in [0.25, 0.3) is 0 Å². The lowest BCUT2D eigenvalue weighted by atomic mass is 9.95. The van der Waals surface area contributed by atoms with Crippen molar-refractivity contribution < 1.29 is 0 Å². The summed E-state index contributed by atoms with van der Waals surface area (Å²) in [6.45, 7) is 4.38. The van der Waals surface area contributed by atoms with Gasteiger partial charge in [0.1, 0.15) is 0 Å². The highest BCUT2D eigenvalue weighted by molar-refractivity contribution is 7.09. The maximum atomic E-state index is 6.25. The second-order valence-electron chi connectivity index (χ2n) is 4.93. The van der Waals surface area contributed by atoms with Crippen LogP contribution in [-0.4, -0.2) is 11.0 Å². The third-order valence-corrected chi connectivity index (χ3v) is 4.41. The maximum Gasteiger partial charge on any atom is 0.0943 e. The molecule has 1 fully saturated rings. The molecule has 84 valence electrons. The molecule has 2 N–H and O–H groups in total. The minimum atomic E-state index is 0.320. The van der Waals surface area contributed by atoms with Crippen molar-refractivity contribution in [2.45, 2.75) is 45.6 Å². The Hall–Kier alpha value is -0.410. The first-order valence-corrected chi connectivity index (χ1v) is 6.69. The van der Waals surface area contributed by atoms with Crippen LogP contribution in [0.1, 0.15) is 36.9 Å². The Morgan fingerprint density at radius 1 is 1.60 bits per heavy atom. The van der Waals surface area contributed by atoms with Gasteiger partial charge in [-0.15, -0.1) is 11.3 Å². The Bertz CT molecular complexity index is 321. The number of hydrogen-bond donors (Lipinski definition) is 1. The van der Waals surface area contributed by atoms with Crippen LogP contribution in [0.15, 0.2) is 5.38 Å². The van der Waals surface area contributed by atoms with Gasteiger partial charge < -0.3 is 5.73 Å². The first-order valence-electron chi connectivity index (χ1n) is 5.81. The minimum absolute atomic E-state index is 0.320. The van der Waals surface area contributed by atoms with Gasteiger partial charge in [-0.2, -0.15) is 0 Å². The average molecular weight is 224 g/mol. The van der Waals surface area contributed by atoms with Crippen molar-refractivity contribution in [3.63, 3.8) is 0 Å². The van der Waals surface area contributed by atoms with Crippen LogP contribution in [0.2, 0.25) is 0 Å². The lowest BCUT2D eigenvalue weighted by Crippen LogP contribution is -2.30. The topological polar surface area (TPSA) is 38.9 Å². The number of rotatable bonds is 3. The van der Waals surface area contributed by atoms with Gasteiger partial charge in [-0.3, -0.25) is 0 Å². The highest BCUT2D eigenvalue weighted by Crippen LogP contribution is 2.33. The zero-order valence-corrected chi connectivity index (χ0v) is 10.4. The molecule has 2 rings (SSSR count). The van der Waals surface area contributed by atoms with E-state index in [9.17, 15) is 0 Å². The molecule has 3 unspecified atom stereocenters. The van der Waals surface area contributed by atoms with Crippen LogP contribution in [0.5, 0.6) is 0 Å². The largest absolute Gasteiger partial charge is 0.327 e. The van der Waals surface area contributed by atoms with Crippen molar-refractivity contribution in [2.75, 3.05) is 0 Å². The summed E-state index contributed by atoms with van der Waals surface area (Å²) in [6.07, 6.45) is 4.95. The van der Waals surface area contributed by atoms with Crippen LogP contribution in [0.3, 0.4) is 0 Å². The van der Waals surface area contributed by atoms with E-state index in [2.05, 4.69) is 17.3 Å². The van der Waals surface area contributed by atoms with Crippen molar-refractivity contribution in [1.29, 1.82) is 0 Å². The fraction of sp³-hybridized carbons (Fsp3) is 0.750. The normalized spacial score (nSPS) is 28.2. The van der Waals surface area contributed by atoms with E-state index in [0.717, 1.165) is 24.0 Å². The van der Waals surface area contributed by atoms with Crippen molar-refractivity contribution in [1.82, 2.24) is 4.98 Å². The molecular formula is C12H20N2S. The molecule has 0 saturated heterocycles. The first kappa shape index (κ1) is 11.1. The predicted octanol–water partition coefficient (Wildman–Crippen LogP) is 2.76. The molecule has 1 aliphatic carbocycles. The molecule has 0 aliphatic heterocycles. The summed E-state index contributed by atoms with van der Waals surface area (Å²) in [5.74, 6) is 1.60. The van der Waals surface area contributed by atoms with E-state index < -0.39 is 0 Å². The molecule has 0 amide bonds.